The van der Waals surface area contributed by atoms with Crippen LogP contribution in [-0.2, 0) is 0 Å². The highest BCUT2D eigenvalue weighted by Crippen LogP contribution is 1.91. The molecule has 0 aliphatic carbocycles. The zero-order valence-corrected chi connectivity index (χ0v) is 8.69. The number of rotatable bonds is 3. The summed E-state index contributed by atoms with van der Waals surface area (Å²) >= 11 is 0. The molecular weight excluding hydrogens is 144 g/mol. The summed E-state index contributed by atoms with van der Waals surface area (Å²) in [6.45, 7) is 15.0. The molecule has 0 aliphatic heterocycles. The van der Waals surface area contributed by atoms with Crippen LogP contribution in [0.4, 0.5) is 0 Å². The molecule has 0 saturated carbocycles. The van der Waals surface area contributed by atoms with Gasteiger partial charge in [-0.3, -0.25) is 0 Å². The van der Waals surface area contributed by atoms with Gasteiger partial charge in [0.2, 0.25) is 0 Å². The van der Waals surface area contributed by atoms with Crippen LogP contribution in [0.25, 0.3) is 0 Å². The summed E-state index contributed by atoms with van der Waals surface area (Å²) in [6, 6.07) is 0. The van der Waals surface area contributed by atoms with Crippen molar-refractivity contribution in [2.45, 2.75) is 54.4 Å². The average Bonchev–Trinajstić information content (AvgIpc) is 2.06. The molecule has 0 fully saturated rings. The van der Waals surface area contributed by atoms with Crippen molar-refractivity contribution in [2.24, 2.45) is 0 Å². The third-order valence-corrected chi connectivity index (χ3v) is 0.762. The van der Waals surface area contributed by atoms with Crippen molar-refractivity contribution in [3.05, 3.63) is 25.3 Å². The Bertz CT molecular complexity index is 53.1. The third kappa shape index (κ3) is 111. The molecule has 0 heteroatoms. The summed E-state index contributed by atoms with van der Waals surface area (Å²) in [4.78, 5) is 0. The van der Waals surface area contributed by atoms with Gasteiger partial charge in [0.25, 0.3) is 0 Å². The number of allylic oxidation sites excluding steroid dienone is 2. The highest BCUT2D eigenvalue weighted by atomic mass is 13.8. The third-order valence-electron chi connectivity index (χ3n) is 0.762. The molecule has 0 saturated heterocycles. The van der Waals surface area contributed by atoms with Gasteiger partial charge in [-0.25, -0.2) is 0 Å². The van der Waals surface area contributed by atoms with Crippen LogP contribution < -0.4 is 0 Å². The molecule has 0 N–H and O–H groups in total. The lowest BCUT2D eigenvalue weighted by molar-refractivity contribution is 0.816. The predicted molar refractivity (Wildman–Crippen MR) is 63.7 cm³/mol. The van der Waals surface area contributed by atoms with Crippen molar-refractivity contribution in [3.63, 3.8) is 0 Å². The maximum absolute atomic E-state index is 3.60. The van der Waals surface area contributed by atoms with E-state index in [-0.39, 0.29) is 7.43 Å². The predicted octanol–water partition coefficient (Wildman–Crippen LogP) is 5.22. The van der Waals surface area contributed by atoms with E-state index in [2.05, 4.69) is 20.1 Å². The van der Waals surface area contributed by atoms with Crippen molar-refractivity contribution in [2.75, 3.05) is 0 Å². The Morgan fingerprint density at radius 2 is 1.50 bits per heavy atom. The number of unbranched alkanes of at least 4 members (excludes halogenated alkanes) is 2. The van der Waals surface area contributed by atoms with Gasteiger partial charge >= 0.3 is 0 Å². The Hall–Kier alpha value is -0.520. The van der Waals surface area contributed by atoms with Crippen LogP contribution >= 0.6 is 0 Å². The lowest BCUT2D eigenvalue weighted by Crippen LogP contribution is -1.61. The zero-order chi connectivity index (χ0) is 9.54. The quantitative estimate of drug-likeness (QED) is 0.404. The molecule has 0 unspecified atom stereocenters. The molecular formula is C12H28. The van der Waals surface area contributed by atoms with Gasteiger partial charge in [0.15, 0.2) is 0 Å². The fourth-order valence-corrected chi connectivity index (χ4v) is 0.348. The lowest BCUT2D eigenvalue weighted by atomic mass is 10.3. The summed E-state index contributed by atoms with van der Waals surface area (Å²) in [5.74, 6) is 0. The summed E-state index contributed by atoms with van der Waals surface area (Å²) in [5, 5.41) is 0. The molecule has 0 spiro atoms. The second kappa shape index (κ2) is 46.9. The van der Waals surface area contributed by atoms with Crippen molar-refractivity contribution in [3.8, 4) is 0 Å². The van der Waals surface area contributed by atoms with Gasteiger partial charge in [-0.15, -0.1) is 13.2 Å². The van der Waals surface area contributed by atoms with E-state index in [1.165, 1.54) is 19.3 Å². The van der Waals surface area contributed by atoms with Crippen molar-refractivity contribution < 1.29 is 0 Å². The van der Waals surface area contributed by atoms with Crippen LogP contribution in [0.5, 0.6) is 0 Å². The van der Waals surface area contributed by atoms with E-state index in [4.69, 9.17) is 0 Å². The van der Waals surface area contributed by atoms with Crippen LogP contribution in [0.1, 0.15) is 54.4 Å². The highest BCUT2D eigenvalue weighted by molar-refractivity contribution is 4.64. The van der Waals surface area contributed by atoms with Gasteiger partial charge in [-0.05, 0) is 13.3 Å². The minimum atomic E-state index is 0. The fraction of sp³-hybridized carbons (Fsp3) is 0.667. The maximum Gasteiger partial charge on any atom is -0.0354 e. The van der Waals surface area contributed by atoms with Crippen molar-refractivity contribution in [1.82, 2.24) is 0 Å². The van der Waals surface area contributed by atoms with Gasteiger partial charge in [0, 0.05) is 0 Å². The van der Waals surface area contributed by atoms with E-state index in [0.29, 0.717) is 0 Å². The summed E-state index contributed by atoms with van der Waals surface area (Å²) in [7, 11) is 0. The smallest absolute Gasteiger partial charge is 0.0354 e. The summed E-state index contributed by atoms with van der Waals surface area (Å²) in [5.41, 5.74) is 0. The van der Waals surface area contributed by atoms with Crippen LogP contribution in [0.3, 0.4) is 0 Å². The van der Waals surface area contributed by atoms with Gasteiger partial charge in [-0.2, -0.15) is 0 Å². The molecule has 12 heavy (non-hydrogen) atoms. The van der Waals surface area contributed by atoms with Gasteiger partial charge in [-0.1, -0.05) is 53.2 Å². The molecule has 0 aromatic rings. The molecule has 0 amide bonds. The van der Waals surface area contributed by atoms with Crippen LogP contribution in [0.2, 0.25) is 0 Å². The van der Waals surface area contributed by atoms with E-state index in [1.54, 1.807) is 6.08 Å². The molecule has 0 atom stereocenters. The van der Waals surface area contributed by atoms with E-state index >= 15 is 0 Å². The zero-order valence-electron chi connectivity index (χ0n) is 8.69. The Labute approximate surface area is 80.4 Å². The fourth-order valence-electron chi connectivity index (χ4n) is 0.348. The standard InChI is InChI=1S/C6H12.C3H6.C2H6.CH4/c1-3-5-6-4-2;1-3-2;1-2;/h3H,1,4-6H2,2H3;3H,1H2,2H3;1-2H3;1H4. The normalized spacial score (nSPS) is 5.67. The molecule has 0 heterocycles. The molecule has 0 aromatic carbocycles. The van der Waals surface area contributed by atoms with E-state index in [0.717, 1.165) is 0 Å². The first-order chi connectivity index (χ1) is 5.33. The van der Waals surface area contributed by atoms with Crippen LogP contribution in [0, 0.1) is 0 Å². The monoisotopic (exact) mass is 172 g/mol. The average molecular weight is 172 g/mol. The molecule has 0 aromatic heterocycles. The van der Waals surface area contributed by atoms with E-state index in [9.17, 15) is 0 Å². The van der Waals surface area contributed by atoms with Crippen LogP contribution in [0.15, 0.2) is 25.3 Å². The summed E-state index contributed by atoms with van der Waals surface area (Å²) in [6.07, 6.45) is 7.47. The van der Waals surface area contributed by atoms with Gasteiger partial charge in [0.1, 0.15) is 0 Å². The Balaban J connectivity index is -0.0000000462. The largest absolute Gasteiger partial charge is 0.103 e. The molecule has 0 rings (SSSR count). The second-order valence-corrected chi connectivity index (χ2v) is 1.84. The SMILES string of the molecule is C.C=CC.C=CCCCC.CC. The second-order valence-electron chi connectivity index (χ2n) is 1.84. The van der Waals surface area contributed by atoms with E-state index < -0.39 is 0 Å². The van der Waals surface area contributed by atoms with Gasteiger partial charge in [0.05, 0.1) is 0 Å². The minimum Gasteiger partial charge on any atom is -0.103 e. The molecule has 0 aliphatic rings. The molecule has 76 valence electrons. The Morgan fingerprint density at radius 1 is 1.17 bits per heavy atom. The highest BCUT2D eigenvalue weighted by Gasteiger charge is 1.71. The lowest BCUT2D eigenvalue weighted by Gasteiger charge is -1.81. The summed E-state index contributed by atoms with van der Waals surface area (Å²) < 4.78 is 0. The maximum atomic E-state index is 3.60. The first kappa shape index (κ1) is 22.5. The first-order valence-electron chi connectivity index (χ1n) is 4.51. The topological polar surface area (TPSA) is 0 Å². The molecule has 0 radical (unpaired) electrons. The molecule has 0 bridgehead atoms. The van der Waals surface area contributed by atoms with Gasteiger partial charge < -0.3 is 0 Å². The van der Waals surface area contributed by atoms with Crippen molar-refractivity contribution in [1.29, 1.82) is 0 Å². The Morgan fingerprint density at radius 3 is 1.58 bits per heavy atom. The Kier molecular flexibility index (Phi) is 88.1. The number of hydrogen-bond donors (Lipinski definition) is 0. The van der Waals surface area contributed by atoms with Crippen LogP contribution in [-0.4, -0.2) is 0 Å². The van der Waals surface area contributed by atoms with E-state index in [1.807, 2.05) is 26.8 Å². The minimum absolute atomic E-state index is 0. The molecule has 0 nitrogen and oxygen atoms in total. The van der Waals surface area contributed by atoms with Crippen molar-refractivity contribution >= 4 is 0 Å². The number of hydrogen-bond acceptors (Lipinski definition) is 0. The first-order valence-corrected chi connectivity index (χ1v) is 4.51.